The molecule has 4 aliphatic carbocycles. The molecule has 0 radical (unpaired) electrons. The fourth-order valence-corrected chi connectivity index (χ4v) is 8.02. The van der Waals surface area contributed by atoms with Crippen molar-refractivity contribution in [2.45, 2.75) is 50.6 Å². The van der Waals surface area contributed by atoms with Crippen LogP contribution in [-0.2, 0) is 11.3 Å². The Kier molecular flexibility index (Phi) is 5.88. The Balaban J connectivity index is 1.28. The number of hydrogen-bond donors (Lipinski definition) is 1. The van der Waals surface area contributed by atoms with E-state index in [1.807, 2.05) is 12.1 Å². The molecule has 5 aliphatic rings. The molecule has 1 heterocycles. The molecule has 2 aromatic carbocycles. The molecule has 1 amide bonds. The predicted molar refractivity (Wildman–Crippen MR) is 133 cm³/mol. The highest BCUT2D eigenvalue weighted by molar-refractivity contribution is 6.36. The van der Waals surface area contributed by atoms with Crippen molar-refractivity contribution in [1.82, 2.24) is 10.4 Å². The van der Waals surface area contributed by atoms with Gasteiger partial charge in [-0.05, 0) is 92.2 Å². The smallest absolute Gasteiger partial charge is 0.233 e. The van der Waals surface area contributed by atoms with Crippen molar-refractivity contribution in [3.8, 4) is 0 Å². The number of nitrogens with zero attached hydrogens (tertiary/aromatic N) is 2. The molecule has 4 bridgehead atoms. The molecule has 4 nitrogen and oxygen atoms in total. The summed E-state index contributed by atoms with van der Waals surface area (Å²) in [5, 5.41) is 3.20. The SMILES string of the molecule is O=C(C1CNN(Cc2ccc(F)cc2)C1)N(c1ccc(Cl)cc1Cl)C12CC3CC(CC(C3)C1)C2. The topological polar surface area (TPSA) is 35.6 Å². The zero-order valence-corrected chi connectivity index (χ0v) is 20.7. The molecule has 0 spiro atoms. The lowest BCUT2D eigenvalue weighted by atomic mass is 9.52. The summed E-state index contributed by atoms with van der Waals surface area (Å²) in [5.74, 6) is 1.88. The van der Waals surface area contributed by atoms with Crippen LogP contribution in [0.5, 0.6) is 0 Å². The number of hydrazine groups is 1. The first kappa shape index (κ1) is 22.8. The number of benzene rings is 2. The highest BCUT2D eigenvalue weighted by atomic mass is 35.5. The molecular weight excluding hydrogens is 472 g/mol. The lowest BCUT2D eigenvalue weighted by Crippen LogP contribution is -2.63. The maximum absolute atomic E-state index is 14.3. The van der Waals surface area contributed by atoms with E-state index in [2.05, 4.69) is 15.3 Å². The minimum atomic E-state index is -0.239. The summed E-state index contributed by atoms with van der Waals surface area (Å²) in [4.78, 5) is 16.4. The van der Waals surface area contributed by atoms with Gasteiger partial charge in [0.25, 0.3) is 0 Å². The van der Waals surface area contributed by atoms with Crippen LogP contribution >= 0.6 is 23.2 Å². The van der Waals surface area contributed by atoms with Gasteiger partial charge in [-0.1, -0.05) is 35.3 Å². The molecule has 1 unspecified atom stereocenters. The monoisotopic (exact) mass is 501 g/mol. The summed E-state index contributed by atoms with van der Waals surface area (Å²) in [6, 6.07) is 12.1. The van der Waals surface area contributed by atoms with E-state index in [-0.39, 0.29) is 23.2 Å². The van der Waals surface area contributed by atoms with E-state index in [0.29, 0.717) is 47.4 Å². The molecule has 7 rings (SSSR count). The second-order valence-corrected chi connectivity index (χ2v) is 11.8. The van der Waals surface area contributed by atoms with Gasteiger partial charge in [0.15, 0.2) is 0 Å². The van der Waals surface area contributed by atoms with E-state index in [1.54, 1.807) is 18.2 Å². The number of hydrogen-bond acceptors (Lipinski definition) is 3. The third-order valence-electron chi connectivity index (χ3n) is 8.49. The summed E-state index contributed by atoms with van der Waals surface area (Å²) in [5.41, 5.74) is 5.06. The molecule has 7 heteroatoms. The van der Waals surface area contributed by atoms with Crippen molar-refractivity contribution in [2.75, 3.05) is 18.0 Å². The van der Waals surface area contributed by atoms with Crippen molar-refractivity contribution < 1.29 is 9.18 Å². The van der Waals surface area contributed by atoms with Crippen LogP contribution in [0.2, 0.25) is 10.0 Å². The van der Waals surface area contributed by atoms with E-state index < -0.39 is 0 Å². The molecule has 1 N–H and O–H groups in total. The highest BCUT2D eigenvalue weighted by Gasteiger charge is 2.56. The average Bonchev–Trinajstić information content (AvgIpc) is 3.24. The van der Waals surface area contributed by atoms with Gasteiger partial charge < -0.3 is 4.90 Å². The van der Waals surface area contributed by atoms with Crippen LogP contribution in [0.25, 0.3) is 0 Å². The molecule has 4 saturated carbocycles. The van der Waals surface area contributed by atoms with Crippen molar-refractivity contribution >= 4 is 34.8 Å². The van der Waals surface area contributed by atoms with Gasteiger partial charge in [0, 0.05) is 30.2 Å². The van der Waals surface area contributed by atoms with Crippen molar-refractivity contribution in [2.24, 2.45) is 23.7 Å². The van der Waals surface area contributed by atoms with E-state index >= 15 is 0 Å². The minimum absolute atomic E-state index is 0.145. The lowest BCUT2D eigenvalue weighted by Gasteiger charge is -2.60. The molecule has 1 atom stereocenters. The summed E-state index contributed by atoms with van der Waals surface area (Å²) in [7, 11) is 0. The van der Waals surface area contributed by atoms with Gasteiger partial charge in [0.05, 0.1) is 16.6 Å². The summed E-state index contributed by atoms with van der Waals surface area (Å²) < 4.78 is 13.3. The van der Waals surface area contributed by atoms with Crippen LogP contribution in [-0.4, -0.2) is 29.5 Å². The Labute approximate surface area is 210 Å². The van der Waals surface area contributed by atoms with Crippen molar-refractivity contribution in [3.63, 3.8) is 0 Å². The van der Waals surface area contributed by atoms with Crippen LogP contribution < -0.4 is 10.3 Å². The van der Waals surface area contributed by atoms with Crippen molar-refractivity contribution in [3.05, 3.63) is 63.9 Å². The molecular formula is C27H30Cl2FN3O. The highest BCUT2D eigenvalue weighted by Crippen LogP contribution is 2.59. The normalized spacial score (nSPS) is 32.3. The van der Waals surface area contributed by atoms with Crippen LogP contribution in [0.3, 0.4) is 0 Å². The van der Waals surface area contributed by atoms with Gasteiger partial charge in [-0.2, -0.15) is 0 Å². The fraction of sp³-hybridized carbons (Fsp3) is 0.519. The Morgan fingerprint density at radius 2 is 1.68 bits per heavy atom. The number of carbonyl (C=O) groups excluding carboxylic acids is 1. The number of amides is 1. The fourth-order valence-electron chi connectivity index (χ4n) is 7.52. The third kappa shape index (κ3) is 4.15. The van der Waals surface area contributed by atoms with Gasteiger partial charge >= 0.3 is 0 Å². The van der Waals surface area contributed by atoms with E-state index in [4.69, 9.17) is 23.2 Å². The third-order valence-corrected chi connectivity index (χ3v) is 9.03. The van der Waals surface area contributed by atoms with Crippen molar-refractivity contribution in [1.29, 1.82) is 0 Å². The number of carbonyl (C=O) groups is 1. The standard InChI is InChI=1S/C27H30Cl2FN3O/c28-22-3-6-25(24(29)10-22)33(27-11-18-7-19(12-27)9-20(8-18)13-27)26(34)21-14-31-32(16-21)15-17-1-4-23(30)5-2-17/h1-6,10,18-21,31H,7-9,11-16H2. The Morgan fingerprint density at radius 3 is 2.29 bits per heavy atom. The van der Waals surface area contributed by atoms with E-state index in [1.165, 1.54) is 31.4 Å². The molecule has 34 heavy (non-hydrogen) atoms. The minimum Gasteiger partial charge on any atom is -0.304 e. The zero-order chi connectivity index (χ0) is 23.4. The maximum Gasteiger partial charge on any atom is 0.233 e. The quantitative estimate of drug-likeness (QED) is 0.539. The summed E-state index contributed by atoms with van der Waals surface area (Å²) in [6.45, 7) is 1.83. The first-order valence-electron chi connectivity index (χ1n) is 12.4. The first-order valence-corrected chi connectivity index (χ1v) is 13.2. The maximum atomic E-state index is 14.3. The first-order chi connectivity index (χ1) is 16.4. The number of rotatable bonds is 5. The second-order valence-electron chi connectivity index (χ2n) is 11.0. The lowest BCUT2D eigenvalue weighted by molar-refractivity contribution is -0.125. The van der Waals surface area contributed by atoms with Gasteiger partial charge in [-0.15, -0.1) is 0 Å². The van der Waals surface area contributed by atoms with E-state index in [9.17, 15) is 9.18 Å². The van der Waals surface area contributed by atoms with Gasteiger partial charge in [0.1, 0.15) is 5.82 Å². The molecule has 5 fully saturated rings. The van der Waals surface area contributed by atoms with Crippen LogP contribution in [0.1, 0.15) is 44.1 Å². The zero-order valence-electron chi connectivity index (χ0n) is 19.2. The molecule has 0 aromatic heterocycles. The Bertz CT molecular complexity index is 1060. The molecule has 1 saturated heterocycles. The molecule has 180 valence electrons. The Morgan fingerprint density at radius 1 is 1.03 bits per heavy atom. The van der Waals surface area contributed by atoms with Gasteiger partial charge in [0.2, 0.25) is 5.91 Å². The van der Waals surface area contributed by atoms with Crippen LogP contribution in [0, 0.1) is 29.5 Å². The van der Waals surface area contributed by atoms with E-state index in [0.717, 1.165) is 30.5 Å². The second kappa shape index (κ2) is 8.77. The van der Waals surface area contributed by atoms with Crippen LogP contribution in [0.4, 0.5) is 10.1 Å². The van der Waals surface area contributed by atoms with Gasteiger partial charge in [-0.3, -0.25) is 10.2 Å². The largest absolute Gasteiger partial charge is 0.304 e. The summed E-state index contributed by atoms with van der Waals surface area (Å²) >= 11 is 13.0. The predicted octanol–water partition coefficient (Wildman–Crippen LogP) is 6.07. The Hall–Kier alpha value is -1.66. The molecule has 2 aromatic rings. The average molecular weight is 502 g/mol. The number of anilines is 1. The van der Waals surface area contributed by atoms with Gasteiger partial charge in [-0.25, -0.2) is 9.40 Å². The number of nitrogens with one attached hydrogen (secondary N) is 1. The number of halogens is 3. The molecule has 1 aliphatic heterocycles. The summed E-state index contributed by atoms with van der Waals surface area (Å²) in [6.07, 6.45) is 7.15. The van der Waals surface area contributed by atoms with Crippen LogP contribution in [0.15, 0.2) is 42.5 Å².